The summed E-state index contributed by atoms with van der Waals surface area (Å²) in [5, 5.41) is 0. The van der Waals surface area contributed by atoms with Crippen LogP contribution in [0.15, 0.2) is 24.3 Å². The Morgan fingerprint density at radius 3 is 2.19 bits per heavy atom. The summed E-state index contributed by atoms with van der Waals surface area (Å²) in [5.74, 6) is 1.46. The molecule has 2 heteroatoms. The summed E-state index contributed by atoms with van der Waals surface area (Å²) in [6.07, 6.45) is 11.2. The molecule has 0 N–H and O–H groups in total. The van der Waals surface area contributed by atoms with Crippen molar-refractivity contribution in [2.45, 2.75) is 114 Å². The first-order chi connectivity index (χ1) is 16.9. The lowest BCUT2D eigenvalue weighted by molar-refractivity contribution is 0.252. The number of benzene rings is 1. The summed E-state index contributed by atoms with van der Waals surface area (Å²) in [6.45, 7) is 29.7. The molecule has 1 aliphatic heterocycles. The van der Waals surface area contributed by atoms with Crippen LogP contribution in [0.1, 0.15) is 119 Å². The van der Waals surface area contributed by atoms with Crippen LogP contribution >= 0.6 is 0 Å². The number of allylic oxidation sites excluding steroid dienone is 2. The van der Waals surface area contributed by atoms with Crippen molar-refractivity contribution in [2.24, 2.45) is 22.7 Å². The van der Waals surface area contributed by atoms with Gasteiger partial charge in [-0.2, -0.15) is 0 Å². The molecule has 1 aliphatic rings. The second-order valence-electron chi connectivity index (χ2n) is 13.7. The van der Waals surface area contributed by atoms with Crippen molar-refractivity contribution in [1.29, 1.82) is 0 Å². The van der Waals surface area contributed by atoms with Gasteiger partial charge < -0.3 is 4.90 Å². The van der Waals surface area contributed by atoms with Gasteiger partial charge in [0.1, 0.15) is 0 Å². The molecule has 1 unspecified atom stereocenters. The lowest BCUT2D eigenvalue weighted by atomic mass is 9.78. The quantitative estimate of drug-likeness (QED) is 0.253. The Morgan fingerprint density at radius 1 is 0.972 bits per heavy atom. The molecule has 36 heavy (non-hydrogen) atoms. The minimum absolute atomic E-state index is 0.233. The highest BCUT2D eigenvalue weighted by atomic mass is 15.3. The normalized spacial score (nSPS) is 17.2. The largest absolute Gasteiger partial charge is 0.369 e. The third kappa shape index (κ3) is 9.88. The van der Waals surface area contributed by atoms with Crippen LogP contribution in [0.2, 0.25) is 0 Å². The van der Waals surface area contributed by atoms with Crippen LogP contribution in [0, 0.1) is 22.7 Å². The molecule has 0 bridgehead atoms. The Bertz CT molecular complexity index is 808. The minimum atomic E-state index is 0.233. The molecule has 206 valence electrons. The minimum Gasteiger partial charge on any atom is -0.369 e. The van der Waals surface area contributed by atoms with Crippen molar-refractivity contribution in [3.05, 3.63) is 35.4 Å². The van der Waals surface area contributed by atoms with Crippen molar-refractivity contribution in [1.82, 2.24) is 4.90 Å². The second kappa shape index (κ2) is 14.0. The van der Waals surface area contributed by atoms with E-state index in [0.29, 0.717) is 11.3 Å². The highest BCUT2D eigenvalue weighted by molar-refractivity contribution is 5.70. The molecular formula is C34H60N2. The zero-order chi connectivity index (χ0) is 26.9. The molecule has 1 aromatic rings. The van der Waals surface area contributed by atoms with Crippen LogP contribution in [0.25, 0.3) is 5.57 Å². The van der Waals surface area contributed by atoms with Gasteiger partial charge in [0, 0.05) is 31.9 Å². The highest BCUT2D eigenvalue weighted by Crippen LogP contribution is 2.37. The number of anilines is 1. The first kappa shape index (κ1) is 30.9. The van der Waals surface area contributed by atoms with Crippen LogP contribution in [0.3, 0.4) is 0 Å². The van der Waals surface area contributed by atoms with E-state index in [-0.39, 0.29) is 5.41 Å². The van der Waals surface area contributed by atoms with E-state index in [1.165, 1.54) is 75.0 Å². The van der Waals surface area contributed by atoms with Gasteiger partial charge in [-0.05, 0) is 96.6 Å². The van der Waals surface area contributed by atoms with E-state index in [1.54, 1.807) is 5.56 Å². The SMILES string of the molecule is CCCN1CCN(c2ccc(/C(=C/C(C)(C)CC)CC(C)C)cc2CCC(C)(C)CC(C)CC)CC1. The van der Waals surface area contributed by atoms with Crippen LogP contribution in [0.4, 0.5) is 5.69 Å². The number of aryl methyl sites for hydroxylation is 1. The van der Waals surface area contributed by atoms with Gasteiger partial charge in [0.05, 0.1) is 0 Å². The predicted octanol–water partition coefficient (Wildman–Crippen LogP) is 9.48. The fourth-order valence-electron chi connectivity index (χ4n) is 5.76. The molecule has 1 fully saturated rings. The molecule has 0 radical (unpaired) electrons. The topological polar surface area (TPSA) is 6.48 Å². The average molecular weight is 497 g/mol. The Hall–Kier alpha value is -1.28. The van der Waals surface area contributed by atoms with Gasteiger partial charge in [0.2, 0.25) is 0 Å². The standard InChI is InChI=1S/C34H60N2/c1-11-18-35-19-21-36(22-20-35)32-15-14-29(31(23-27(4)5)26-33(7,8)13-3)24-30(32)16-17-34(9,10)25-28(6)12-2/h14-15,24,26-28H,11-13,16-23,25H2,1-10H3/b31-26+. The molecule has 0 aliphatic carbocycles. The third-order valence-electron chi connectivity index (χ3n) is 8.48. The number of piperazine rings is 1. The molecule has 1 heterocycles. The van der Waals surface area contributed by atoms with E-state index in [1.807, 2.05) is 0 Å². The van der Waals surface area contributed by atoms with Crippen molar-refractivity contribution in [3.63, 3.8) is 0 Å². The van der Waals surface area contributed by atoms with E-state index in [9.17, 15) is 0 Å². The number of rotatable bonds is 14. The van der Waals surface area contributed by atoms with Gasteiger partial charge in [0.15, 0.2) is 0 Å². The van der Waals surface area contributed by atoms with Gasteiger partial charge in [-0.15, -0.1) is 0 Å². The maximum Gasteiger partial charge on any atom is 0.0400 e. The van der Waals surface area contributed by atoms with Gasteiger partial charge >= 0.3 is 0 Å². The third-order valence-corrected chi connectivity index (χ3v) is 8.48. The first-order valence-electron chi connectivity index (χ1n) is 15.2. The lowest BCUT2D eigenvalue weighted by Crippen LogP contribution is -2.46. The van der Waals surface area contributed by atoms with Crippen LogP contribution in [-0.4, -0.2) is 37.6 Å². The van der Waals surface area contributed by atoms with E-state index in [0.717, 1.165) is 25.4 Å². The molecule has 1 saturated heterocycles. The molecule has 1 aromatic carbocycles. The molecule has 0 aromatic heterocycles. The molecular weight excluding hydrogens is 436 g/mol. The van der Waals surface area contributed by atoms with E-state index in [2.05, 4.69) is 103 Å². The Labute approximate surface area is 225 Å². The Kier molecular flexibility index (Phi) is 12.1. The zero-order valence-corrected chi connectivity index (χ0v) is 25.8. The van der Waals surface area contributed by atoms with Gasteiger partial charge in [-0.25, -0.2) is 0 Å². The van der Waals surface area contributed by atoms with E-state index >= 15 is 0 Å². The van der Waals surface area contributed by atoms with Crippen molar-refractivity contribution < 1.29 is 0 Å². The van der Waals surface area contributed by atoms with Crippen molar-refractivity contribution >= 4 is 11.3 Å². The second-order valence-corrected chi connectivity index (χ2v) is 13.7. The maximum absolute atomic E-state index is 2.68. The summed E-state index contributed by atoms with van der Waals surface area (Å²) < 4.78 is 0. The smallest absolute Gasteiger partial charge is 0.0400 e. The zero-order valence-electron chi connectivity index (χ0n) is 25.8. The maximum atomic E-state index is 2.68. The van der Waals surface area contributed by atoms with Crippen LogP contribution in [0.5, 0.6) is 0 Å². The van der Waals surface area contributed by atoms with Crippen molar-refractivity contribution in [3.8, 4) is 0 Å². The predicted molar refractivity (Wildman–Crippen MR) is 163 cm³/mol. The monoisotopic (exact) mass is 496 g/mol. The van der Waals surface area contributed by atoms with Crippen LogP contribution in [-0.2, 0) is 6.42 Å². The molecule has 0 spiro atoms. The molecule has 0 amide bonds. The molecule has 0 saturated carbocycles. The summed E-state index contributed by atoms with van der Waals surface area (Å²) >= 11 is 0. The lowest BCUT2D eigenvalue weighted by Gasteiger charge is -2.37. The molecule has 1 atom stereocenters. The number of hydrogen-bond donors (Lipinski definition) is 0. The summed E-state index contributed by atoms with van der Waals surface area (Å²) in [4.78, 5) is 5.31. The highest BCUT2D eigenvalue weighted by Gasteiger charge is 2.24. The van der Waals surface area contributed by atoms with Crippen LogP contribution < -0.4 is 4.90 Å². The molecule has 2 nitrogen and oxygen atoms in total. The summed E-state index contributed by atoms with van der Waals surface area (Å²) in [6, 6.07) is 7.48. The van der Waals surface area contributed by atoms with Gasteiger partial charge in [-0.1, -0.05) is 87.8 Å². The summed E-state index contributed by atoms with van der Waals surface area (Å²) in [5.41, 5.74) is 6.66. The number of hydrogen-bond acceptors (Lipinski definition) is 2. The number of nitrogens with zero attached hydrogens (tertiary/aromatic N) is 2. The average Bonchev–Trinajstić information content (AvgIpc) is 2.82. The Morgan fingerprint density at radius 2 is 1.64 bits per heavy atom. The fourth-order valence-corrected chi connectivity index (χ4v) is 5.76. The fraction of sp³-hybridized carbons (Fsp3) is 0.765. The van der Waals surface area contributed by atoms with Gasteiger partial charge in [-0.3, -0.25) is 4.90 Å². The summed E-state index contributed by atoms with van der Waals surface area (Å²) in [7, 11) is 0. The van der Waals surface area contributed by atoms with E-state index < -0.39 is 0 Å². The Balaban J connectivity index is 2.40. The van der Waals surface area contributed by atoms with Crippen molar-refractivity contribution in [2.75, 3.05) is 37.6 Å². The van der Waals surface area contributed by atoms with E-state index in [4.69, 9.17) is 0 Å². The first-order valence-corrected chi connectivity index (χ1v) is 15.2. The molecule has 2 rings (SSSR count). The van der Waals surface area contributed by atoms with Gasteiger partial charge in [0.25, 0.3) is 0 Å².